The van der Waals surface area contributed by atoms with Crippen LogP contribution in [-0.2, 0) is 23.1 Å². The van der Waals surface area contributed by atoms with E-state index in [1.807, 2.05) is 12.1 Å². The van der Waals surface area contributed by atoms with Crippen LogP contribution in [0, 0.1) is 0 Å². The average Bonchev–Trinajstić information content (AvgIpc) is 3.18. The van der Waals surface area contributed by atoms with Crippen LogP contribution in [0.4, 0.5) is 18.9 Å². The molecular formula is C21H19F3N2O3S2. The first kappa shape index (κ1) is 23.0. The Bertz CT molecular complexity index is 1030. The van der Waals surface area contributed by atoms with Gasteiger partial charge in [-0.05, 0) is 35.9 Å². The summed E-state index contributed by atoms with van der Waals surface area (Å²) in [5.74, 6) is 1.59. The number of anilines is 1. The van der Waals surface area contributed by atoms with Crippen molar-refractivity contribution in [2.75, 3.05) is 19.5 Å². The monoisotopic (exact) mass is 468 g/mol. The third kappa shape index (κ3) is 6.63. The number of aromatic nitrogens is 1. The van der Waals surface area contributed by atoms with E-state index in [1.165, 1.54) is 35.2 Å². The number of thiazole rings is 1. The van der Waals surface area contributed by atoms with Crippen molar-refractivity contribution in [3.63, 3.8) is 0 Å². The van der Waals surface area contributed by atoms with Crippen molar-refractivity contribution in [3.8, 4) is 11.5 Å². The molecule has 3 rings (SSSR count). The minimum absolute atomic E-state index is 0.0275. The van der Waals surface area contributed by atoms with Crippen molar-refractivity contribution in [1.29, 1.82) is 0 Å². The summed E-state index contributed by atoms with van der Waals surface area (Å²) >= 11 is 2.91. The number of ether oxygens (including phenoxy) is 2. The summed E-state index contributed by atoms with van der Waals surface area (Å²) in [6.45, 7) is 0. The van der Waals surface area contributed by atoms with Crippen LogP contribution >= 0.6 is 23.1 Å². The smallest absolute Gasteiger partial charge is 0.416 e. The average molecular weight is 469 g/mol. The van der Waals surface area contributed by atoms with Crippen LogP contribution in [0.25, 0.3) is 0 Å². The van der Waals surface area contributed by atoms with E-state index in [4.69, 9.17) is 9.47 Å². The Hall–Kier alpha value is -2.72. The summed E-state index contributed by atoms with van der Waals surface area (Å²) < 4.78 is 49.7. The highest BCUT2D eigenvalue weighted by atomic mass is 32.2. The molecule has 0 spiro atoms. The summed E-state index contributed by atoms with van der Waals surface area (Å²) in [6, 6.07) is 10.1. The molecule has 5 nitrogen and oxygen atoms in total. The van der Waals surface area contributed by atoms with Crippen LogP contribution in [0.5, 0.6) is 11.5 Å². The SMILES string of the molecule is COc1cc(CSc2nc(CC(=O)Nc3cccc(C(F)(F)F)c3)cs2)cc(OC)c1. The molecule has 0 bridgehead atoms. The van der Waals surface area contributed by atoms with Crippen molar-refractivity contribution in [3.05, 3.63) is 64.7 Å². The lowest BCUT2D eigenvalue weighted by atomic mass is 10.2. The molecular weight excluding hydrogens is 449 g/mol. The number of carbonyl (C=O) groups excluding carboxylic acids is 1. The van der Waals surface area contributed by atoms with E-state index in [-0.39, 0.29) is 12.1 Å². The van der Waals surface area contributed by atoms with Crippen LogP contribution < -0.4 is 14.8 Å². The molecule has 1 aromatic heterocycles. The number of methoxy groups -OCH3 is 2. The Morgan fingerprint density at radius 2 is 1.84 bits per heavy atom. The van der Waals surface area contributed by atoms with Crippen LogP contribution in [0.2, 0.25) is 0 Å². The number of thioether (sulfide) groups is 1. The standard InChI is InChI=1S/C21H19F3N2O3S2/c1-28-17-6-13(7-18(10-17)29-2)11-30-20-26-16(12-31-20)9-19(27)25-15-5-3-4-14(8-15)21(22,23)24/h3-8,10,12H,9,11H2,1-2H3,(H,25,27). The first-order chi connectivity index (χ1) is 14.8. The van der Waals surface area contributed by atoms with E-state index >= 15 is 0 Å². The summed E-state index contributed by atoms with van der Waals surface area (Å²) in [5, 5.41) is 4.25. The molecule has 0 unspecified atom stereocenters. The molecule has 31 heavy (non-hydrogen) atoms. The summed E-state index contributed by atoms with van der Waals surface area (Å²) in [7, 11) is 3.17. The largest absolute Gasteiger partial charge is 0.497 e. The Kier molecular flexibility index (Phi) is 7.45. The highest BCUT2D eigenvalue weighted by Gasteiger charge is 2.30. The van der Waals surface area contributed by atoms with Gasteiger partial charge < -0.3 is 14.8 Å². The number of rotatable bonds is 8. The zero-order valence-electron chi connectivity index (χ0n) is 16.7. The van der Waals surface area contributed by atoms with Gasteiger partial charge in [0.25, 0.3) is 0 Å². The number of nitrogens with zero attached hydrogens (tertiary/aromatic N) is 1. The van der Waals surface area contributed by atoms with Crippen molar-refractivity contribution in [2.45, 2.75) is 22.7 Å². The zero-order valence-corrected chi connectivity index (χ0v) is 18.3. The molecule has 0 saturated carbocycles. The van der Waals surface area contributed by atoms with Gasteiger partial charge in [0.15, 0.2) is 0 Å². The Morgan fingerprint density at radius 3 is 2.48 bits per heavy atom. The predicted molar refractivity (Wildman–Crippen MR) is 115 cm³/mol. The summed E-state index contributed by atoms with van der Waals surface area (Å²) in [6.07, 6.45) is -4.49. The second kappa shape index (κ2) is 10.1. The van der Waals surface area contributed by atoms with E-state index in [0.29, 0.717) is 22.9 Å². The molecule has 0 atom stereocenters. The molecule has 0 saturated heterocycles. The molecule has 0 radical (unpaired) electrons. The number of hydrogen-bond acceptors (Lipinski definition) is 6. The van der Waals surface area contributed by atoms with Gasteiger partial charge in [-0.1, -0.05) is 17.8 Å². The van der Waals surface area contributed by atoms with Gasteiger partial charge in [0, 0.05) is 22.9 Å². The molecule has 1 N–H and O–H groups in total. The molecule has 3 aromatic rings. The van der Waals surface area contributed by atoms with Crippen molar-refractivity contribution in [2.24, 2.45) is 0 Å². The Balaban J connectivity index is 1.57. The molecule has 0 aliphatic heterocycles. The molecule has 2 aromatic carbocycles. The highest BCUT2D eigenvalue weighted by Crippen LogP contribution is 2.31. The predicted octanol–water partition coefficient (Wildman–Crippen LogP) is 5.65. The van der Waals surface area contributed by atoms with Crippen molar-refractivity contribution < 1.29 is 27.4 Å². The molecule has 164 valence electrons. The highest BCUT2D eigenvalue weighted by molar-refractivity contribution is 8.00. The first-order valence-electron chi connectivity index (χ1n) is 9.03. The van der Waals surface area contributed by atoms with Crippen LogP contribution in [-0.4, -0.2) is 25.1 Å². The molecule has 1 amide bonds. The van der Waals surface area contributed by atoms with E-state index < -0.39 is 17.6 Å². The second-order valence-electron chi connectivity index (χ2n) is 6.42. The van der Waals surface area contributed by atoms with Gasteiger partial charge in [-0.2, -0.15) is 13.2 Å². The van der Waals surface area contributed by atoms with E-state index in [1.54, 1.807) is 25.7 Å². The van der Waals surface area contributed by atoms with Gasteiger partial charge in [-0.15, -0.1) is 11.3 Å². The Morgan fingerprint density at radius 1 is 1.13 bits per heavy atom. The minimum Gasteiger partial charge on any atom is -0.497 e. The fourth-order valence-electron chi connectivity index (χ4n) is 2.67. The van der Waals surface area contributed by atoms with Gasteiger partial charge in [0.2, 0.25) is 5.91 Å². The lowest BCUT2D eigenvalue weighted by Crippen LogP contribution is -2.15. The zero-order chi connectivity index (χ0) is 22.4. The lowest BCUT2D eigenvalue weighted by Gasteiger charge is -2.09. The maximum atomic E-state index is 12.8. The van der Waals surface area contributed by atoms with E-state index in [2.05, 4.69) is 10.3 Å². The van der Waals surface area contributed by atoms with Gasteiger partial charge >= 0.3 is 6.18 Å². The summed E-state index contributed by atoms with van der Waals surface area (Å²) in [5.41, 5.74) is 0.837. The van der Waals surface area contributed by atoms with Crippen LogP contribution in [0.1, 0.15) is 16.8 Å². The number of halogens is 3. The lowest BCUT2D eigenvalue weighted by molar-refractivity contribution is -0.137. The summed E-state index contributed by atoms with van der Waals surface area (Å²) in [4.78, 5) is 16.6. The fraction of sp³-hybridized carbons (Fsp3) is 0.238. The van der Waals surface area contributed by atoms with E-state index in [0.717, 1.165) is 22.0 Å². The molecule has 1 heterocycles. The number of hydrogen-bond donors (Lipinski definition) is 1. The number of alkyl halides is 3. The first-order valence-corrected chi connectivity index (χ1v) is 10.9. The third-order valence-electron chi connectivity index (χ3n) is 4.12. The van der Waals surface area contributed by atoms with Gasteiger partial charge in [0.1, 0.15) is 15.8 Å². The number of carbonyl (C=O) groups is 1. The quantitative estimate of drug-likeness (QED) is 0.433. The molecule has 0 aliphatic carbocycles. The van der Waals surface area contributed by atoms with Gasteiger partial charge in [-0.3, -0.25) is 4.79 Å². The van der Waals surface area contributed by atoms with Gasteiger partial charge in [-0.25, -0.2) is 4.98 Å². The van der Waals surface area contributed by atoms with Crippen molar-refractivity contribution >= 4 is 34.7 Å². The number of benzene rings is 2. The number of nitrogens with one attached hydrogen (secondary N) is 1. The molecule has 10 heteroatoms. The van der Waals surface area contributed by atoms with Crippen LogP contribution in [0.3, 0.4) is 0 Å². The molecule has 0 fully saturated rings. The molecule has 0 aliphatic rings. The normalized spacial score (nSPS) is 11.3. The minimum atomic E-state index is -4.46. The topological polar surface area (TPSA) is 60.5 Å². The maximum absolute atomic E-state index is 12.8. The fourth-order valence-corrected chi connectivity index (χ4v) is 4.45. The maximum Gasteiger partial charge on any atom is 0.416 e. The second-order valence-corrected chi connectivity index (χ2v) is 8.50. The number of amides is 1. The Labute approximate surface area is 185 Å². The van der Waals surface area contributed by atoms with Crippen LogP contribution in [0.15, 0.2) is 52.2 Å². The van der Waals surface area contributed by atoms with Gasteiger partial charge in [0.05, 0.1) is 31.9 Å². The third-order valence-corrected chi connectivity index (χ3v) is 6.26. The van der Waals surface area contributed by atoms with Crippen molar-refractivity contribution in [1.82, 2.24) is 4.98 Å². The van der Waals surface area contributed by atoms with E-state index in [9.17, 15) is 18.0 Å².